The number of carbonyl (C=O) groups is 1. The van der Waals surface area contributed by atoms with Crippen molar-refractivity contribution >= 4 is 24.2 Å². The van der Waals surface area contributed by atoms with Crippen LogP contribution in [0.1, 0.15) is 10.4 Å². The van der Waals surface area contributed by atoms with Crippen LogP contribution in [0.4, 0.5) is 5.82 Å². The van der Waals surface area contributed by atoms with Gasteiger partial charge < -0.3 is 29.7 Å². The molecule has 0 bridgehead atoms. The van der Waals surface area contributed by atoms with Crippen molar-refractivity contribution in [1.29, 1.82) is 0 Å². The second kappa shape index (κ2) is 8.70. The number of halogens is 1. The Bertz CT molecular complexity index is 698. The number of anilines is 1. The molecule has 25 heavy (non-hydrogen) atoms. The molecule has 3 N–H and O–H groups in total. The van der Waals surface area contributed by atoms with Crippen LogP contribution in [0.15, 0.2) is 28.8 Å². The molecule has 0 saturated carbocycles. The Balaban J connectivity index is 0.00000225. The quantitative estimate of drug-likeness (QED) is 0.708. The summed E-state index contributed by atoms with van der Waals surface area (Å²) in [6, 6.07) is 6.92. The molecule has 1 aromatic carbocycles. The molecule has 2 aromatic rings. The molecule has 2 heterocycles. The lowest BCUT2D eigenvalue weighted by Gasteiger charge is -2.23. The summed E-state index contributed by atoms with van der Waals surface area (Å²) in [4.78, 5) is 11.6. The number of carboxylic acids is 1. The normalized spacial score (nSPS) is 16.8. The Kier molecular flexibility index (Phi) is 6.63. The molecule has 1 aromatic heterocycles. The second-order valence-electron chi connectivity index (χ2n) is 5.35. The number of carboxylic acid groups (broad SMARTS) is 1. The maximum atomic E-state index is 11.6. The third-order valence-electron chi connectivity index (χ3n) is 3.76. The van der Waals surface area contributed by atoms with Crippen LogP contribution in [0.25, 0.3) is 11.3 Å². The van der Waals surface area contributed by atoms with Crippen molar-refractivity contribution in [3.63, 3.8) is 0 Å². The molecule has 0 amide bonds. The predicted octanol–water partition coefficient (Wildman–Crippen LogP) is 1.87. The smallest absolute Gasteiger partial charge is 0.343 e. The second-order valence-corrected chi connectivity index (χ2v) is 5.35. The third kappa shape index (κ3) is 4.41. The highest BCUT2D eigenvalue weighted by Gasteiger charge is 2.24. The van der Waals surface area contributed by atoms with E-state index in [2.05, 4.69) is 15.8 Å². The van der Waals surface area contributed by atoms with Crippen molar-refractivity contribution < 1.29 is 23.9 Å². The first-order valence-electron chi connectivity index (χ1n) is 7.62. The highest BCUT2D eigenvalue weighted by atomic mass is 35.5. The number of aromatic nitrogens is 1. The lowest BCUT2D eigenvalue weighted by molar-refractivity contribution is 0.0371. The number of nitrogens with one attached hydrogen (secondary N) is 2. The van der Waals surface area contributed by atoms with Crippen molar-refractivity contribution in [3.05, 3.63) is 29.8 Å². The van der Waals surface area contributed by atoms with Gasteiger partial charge in [0.05, 0.1) is 19.8 Å². The van der Waals surface area contributed by atoms with Crippen molar-refractivity contribution in [2.45, 2.75) is 6.10 Å². The number of hydrogen-bond donors (Lipinski definition) is 3. The Morgan fingerprint density at radius 1 is 1.44 bits per heavy atom. The number of methoxy groups -OCH3 is 1. The van der Waals surface area contributed by atoms with Gasteiger partial charge in [0.15, 0.2) is 17.1 Å². The number of ether oxygens (including phenoxy) is 2. The van der Waals surface area contributed by atoms with Gasteiger partial charge in [-0.15, -0.1) is 12.4 Å². The van der Waals surface area contributed by atoms with Crippen LogP contribution in [0.3, 0.4) is 0 Å². The SMILES string of the molecule is COc1ccc(-c2onc(NCC3CNCCO3)c2C(=O)O)cc1.Cl. The van der Waals surface area contributed by atoms with E-state index in [0.717, 1.165) is 6.54 Å². The maximum Gasteiger partial charge on any atom is 0.343 e. The van der Waals surface area contributed by atoms with E-state index < -0.39 is 5.97 Å². The number of morpholine rings is 1. The number of aromatic carboxylic acids is 1. The summed E-state index contributed by atoms with van der Waals surface area (Å²) in [5.74, 6) is -0.0273. The van der Waals surface area contributed by atoms with E-state index in [9.17, 15) is 9.90 Å². The van der Waals surface area contributed by atoms with Gasteiger partial charge in [0, 0.05) is 25.2 Å². The predicted molar refractivity (Wildman–Crippen MR) is 93.8 cm³/mol. The fraction of sp³-hybridized carbons (Fsp3) is 0.375. The Labute approximate surface area is 150 Å². The van der Waals surface area contributed by atoms with Gasteiger partial charge >= 0.3 is 5.97 Å². The Hall–Kier alpha value is -2.29. The summed E-state index contributed by atoms with van der Waals surface area (Å²) in [5.41, 5.74) is 0.619. The average Bonchev–Trinajstić information content (AvgIpc) is 3.05. The van der Waals surface area contributed by atoms with E-state index in [0.29, 0.717) is 31.0 Å². The van der Waals surface area contributed by atoms with E-state index in [-0.39, 0.29) is 35.7 Å². The minimum Gasteiger partial charge on any atom is -0.497 e. The molecule has 8 nitrogen and oxygen atoms in total. The lowest BCUT2D eigenvalue weighted by atomic mass is 10.1. The van der Waals surface area contributed by atoms with Crippen molar-refractivity contribution in [2.75, 3.05) is 38.7 Å². The van der Waals surface area contributed by atoms with Crippen LogP contribution in [0.5, 0.6) is 5.75 Å². The van der Waals surface area contributed by atoms with Gasteiger partial charge in [-0.1, -0.05) is 5.16 Å². The highest BCUT2D eigenvalue weighted by molar-refractivity contribution is 5.99. The lowest BCUT2D eigenvalue weighted by Crippen LogP contribution is -2.42. The third-order valence-corrected chi connectivity index (χ3v) is 3.76. The first kappa shape index (κ1) is 19.0. The standard InChI is InChI=1S/C16H19N3O5.ClH/c1-22-11-4-2-10(3-5-11)14-13(16(20)21)15(19-24-14)18-9-12-8-17-6-7-23-12;/h2-5,12,17H,6-9H2,1H3,(H,18,19)(H,20,21);1H. The molecule has 9 heteroatoms. The van der Waals surface area contributed by atoms with Crippen LogP contribution in [-0.2, 0) is 4.74 Å². The molecule has 0 aliphatic carbocycles. The van der Waals surface area contributed by atoms with E-state index in [1.807, 2.05) is 0 Å². The first-order valence-corrected chi connectivity index (χ1v) is 7.62. The van der Waals surface area contributed by atoms with Gasteiger partial charge in [-0.05, 0) is 24.3 Å². The molecule has 0 radical (unpaired) electrons. The van der Waals surface area contributed by atoms with E-state index >= 15 is 0 Å². The molecule has 1 aliphatic heterocycles. The summed E-state index contributed by atoms with van der Waals surface area (Å²) in [5, 5.41) is 19.6. The minimum atomic E-state index is -1.10. The molecule has 1 saturated heterocycles. The van der Waals surface area contributed by atoms with Crippen LogP contribution in [0.2, 0.25) is 0 Å². The van der Waals surface area contributed by atoms with Gasteiger partial charge in [-0.2, -0.15) is 0 Å². The molecule has 1 fully saturated rings. The van der Waals surface area contributed by atoms with Crippen molar-refractivity contribution in [2.24, 2.45) is 0 Å². The fourth-order valence-corrected chi connectivity index (χ4v) is 2.51. The zero-order chi connectivity index (χ0) is 16.9. The largest absolute Gasteiger partial charge is 0.497 e. The monoisotopic (exact) mass is 369 g/mol. The van der Waals surface area contributed by atoms with Crippen LogP contribution < -0.4 is 15.4 Å². The molecule has 1 aliphatic rings. The minimum absolute atomic E-state index is 0. The summed E-state index contributed by atoms with van der Waals surface area (Å²) in [7, 11) is 1.57. The van der Waals surface area contributed by atoms with Crippen molar-refractivity contribution in [3.8, 4) is 17.1 Å². The first-order chi connectivity index (χ1) is 11.7. The summed E-state index contributed by atoms with van der Waals surface area (Å²) >= 11 is 0. The zero-order valence-corrected chi connectivity index (χ0v) is 14.5. The highest BCUT2D eigenvalue weighted by Crippen LogP contribution is 2.30. The van der Waals surface area contributed by atoms with Gasteiger partial charge in [0.25, 0.3) is 0 Å². The topological polar surface area (TPSA) is 106 Å². The zero-order valence-electron chi connectivity index (χ0n) is 13.7. The fourth-order valence-electron chi connectivity index (χ4n) is 2.51. The average molecular weight is 370 g/mol. The van der Waals surface area contributed by atoms with Crippen molar-refractivity contribution in [1.82, 2.24) is 10.5 Å². The molecule has 136 valence electrons. The Morgan fingerprint density at radius 3 is 2.80 bits per heavy atom. The Morgan fingerprint density at radius 2 is 2.20 bits per heavy atom. The molecule has 0 spiro atoms. The number of hydrogen-bond acceptors (Lipinski definition) is 7. The van der Waals surface area contributed by atoms with Crippen LogP contribution in [-0.4, -0.2) is 55.7 Å². The maximum absolute atomic E-state index is 11.6. The number of rotatable bonds is 6. The molecule has 1 atom stereocenters. The van der Waals surface area contributed by atoms with E-state index in [1.54, 1.807) is 31.4 Å². The van der Waals surface area contributed by atoms with Gasteiger partial charge in [0.1, 0.15) is 5.75 Å². The molecule has 1 unspecified atom stereocenters. The van der Waals surface area contributed by atoms with Crippen LogP contribution >= 0.6 is 12.4 Å². The van der Waals surface area contributed by atoms with Gasteiger partial charge in [-0.25, -0.2) is 4.79 Å². The van der Waals surface area contributed by atoms with E-state index in [1.165, 1.54) is 0 Å². The van der Waals surface area contributed by atoms with Gasteiger partial charge in [0.2, 0.25) is 0 Å². The molecule has 3 rings (SSSR count). The van der Waals surface area contributed by atoms with Gasteiger partial charge in [-0.3, -0.25) is 0 Å². The van der Waals surface area contributed by atoms with Crippen LogP contribution in [0, 0.1) is 0 Å². The summed E-state index contributed by atoms with van der Waals surface area (Å²) in [6.45, 7) is 2.61. The summed E-state index contributed by atoms with van der Waals surface area (Å²) < 4.78 is 15.9. The number of benzene rings is 1. The summed E-state index contributed by atoms with van der Waals surface area (Å²) in [6.07, 6.45) is -0.0402. The molecular formula is C16H20ClN3O5. The molecular weight excluding hydrogens is 350 g/mol. The number of nitrogens with zero attached hydrogens (tertiary/aromatic N) is 1. The van der Waals surface area contributed by atoms with E-state index in [4.69, 9.17) is 14.0 Å².